The van der Waals surface area contributed by atoms with Crippen LogP contribution in [0, 0.1) is 13.8 Å². The summed E-state index contributed by atoms with van der Waals surface area (Å²) >= 11 is 0. The molecule has 2 aromatic heterocycles. The Balaban J connectivity index is 1.68. The van der Waals surface area contributed by atoms with E-state index in [-0.39, 0.29) is 11.6 Å². The van der Waals surface area contributed by atoms with E-state index in [9.17, 15) is 4.79 Å². The summed E-state index contributed by atoms with van der Waals surface area (Å²) in [6.07, 6.45) is 0. The molecule has 0 unspecified atom stereocenters. The fraction of sp³-hybridized carbons (Fsp3) is 0.222. The zero-order chi connectivity index (χ0) is 17.8. The summed E-state index contributed by atoms with van der Waals surface area (Å²) in [6, 6.07) is 12.7. The minimum absolute atomic E-state index is 0.262. The van der Waals surface area contributed by atoms with Crippen LogP contribution >= 0.6 is 0 Å². The van der Waals surface area contributed by atoms with Gasteiger partial charge in [0.15, 0.2) is 11.5 Å². The van der Waals surface area contributed by atoms with Crippen molar-refractivity contribution in [3.05, 3.63) is 65.2 Å². The molecule has 25 heavy (non-hydrogen) atoms. The smallest absolute Gasteiger partial charge is 0.276 e. The predicted octanol–water partition coefficient (Wildman–Crippen LogP) is 2.97. The highest BCUT2D eigenvalue weighted by Gasteiger charge is 2.14. The Morgan fingerprint density at radius 1 is 1.12 bits per heavy atom. The molecule has 1 aromatic carbocycles. The molecule has 1 N–H and O–H groups in total. The maximum Gasteiger partial charge on any atom is 0.276 e. The van der Waals surface area contributed by atoms with Crippen molar-refractivity contribution in [2.75, 3.05) is 17.3 Å². The van der Waals surface area contributed by atoms with Crippen LogP contribution in [0.3, 0.4) is 0 Å². The van der Waals surface area contributed by atoms with E-state index in [0.29, 0.717) is 18.1 Å². The van der Waals surface area contributed by atoms with Crippen LogP contribution in [0.2, 0.25) is 0 Å². The molecular formula is C18H19N5O2. The lowest BCUT2D eigenvalue weighted by Crippen LogP contribution is -2.20. The zero-order valence-electron chi connectivity index (χ0n) is 14.4. The van der Waals surface area contributed by atoms with E-state index in [4.69, 9.17) is 4.52 Å². The summed E-state index contributed by atoms with van der Waals surface area (Å²) in [5.41, 5.74) is 2.86. The van der Waals surface area contributed by atoms with E-state index in [1.165, 1.54) is 0 Å². The van der Waals surface area contributed by atoms with Gasteiger partial charge in [0.05, 0.1) is 5.69 Å². The second-order valence-corrected chi connectivity index (χ2v) is 5.76. The topological polar surface area (TPSA) is 84.2 Å². The molecule has 0 saturated carbocycles. The number of carbonyl (C=O) groups is 1. The van der Waals surface area contributed by atoms with E-state index in [1.807, 2.05) is 56.1 Å². The highest BCUT2D eigenvalue weighted by atomic mass is 16.5. The first-order valence-corrected chi connectivity index (χ1v) is 7.87. The second kappa shape index (κ2) is 7.12. The van der Waals surface area contributed by atoms with E-state index < -0.39 is 0 Å². The van der Waals surface area contributed by atoms with Gasteiger partial charge in [0, 0.05) is 24.8 Å². The molecule has 2 heterocycles. The van der Waals surface area contributed by atoms with Crippen LogP contribution in [0.15, 0.2) is 47.0 Å². The number of hydrogen-bond donors (Lipinski definition) is 1. The Kier molecular flexibility index (Phi) is 4.74. The molecule has 7 heteroatoms. The Labute approximate surface area is 145 Å². The van der Waals surface area contributed by atoms with Crippen molar-refractivity contribution >= 4 is 17.4 Å². The predicted molar refractivity (Wildman–Crippen MR) is 94.5 cm³/mol. The van der Waals surface area contributed by atoms with E-state index in [0.717, 1.165) is 17.0 Å². The van der Waals surface area contributed by atoms with Crippen molar-refractivity contribution in [1.82, 2.24) is 15.4 Å². The van der Waals surface area contributed by atoms with Gasteiger partial charge in [-0.3, -0.25) is 4.79 Å². The lowest BCUT2D eigenvalue weighted by atomic mass is 10.2. The number of para-hydroxylation sites is 1. The van der Waals surface area contributed by atoms with Gasteiger partial charge in [-0.25, -0.2) is 0 Å². The van der Waals surface area contributed by atoms with E-state index in [2.05, 4.69) is 20.7 Å². The Morgan fingerprint density at radius 2 is 1.88 bits per heavy atom. The minimum Gasteiger partial charge on any atom is -0.361 e. The summed E-state index contributed by atoms with van der Waals surface area (Å²) in [6.45, 7) is 4.39. The maximum absolute atomic E-state index is 12.2. The van der Waals surface area contributed by atoms with Crippen molar-refractivity contribution in [2.24, 2.45) is 0 Å². The normalized spacial score (nSPS) is 10.5. The first-order chi connectivity index (χ1) is 12.0. The molecule has 3 rings (SSSR count). The number of nitrogens with one attached hydrogen (secondary N) is 1. The molecule has 3 aromatic rings. The Bertz CT molecular complexity index is 839. The van der Waals surface area contributed by atoms with Crippen LogP contribution in [0.1, 0.15) is 27.5 Å². The number of aromatic nitrogens is 3. The van der Waals surface area contributed by atoms with Gasteiger partial charge in [0.2, 0.25) is 0 Å². The van der Waals surface area contributed by atoms with Gasteiger partial charge in [-0.1, -0.05) is 23.4 Å². The molecule has 0 aliphatic rings. The molecule has 0 spiro atoms. The van der Waals surface area contributed by atoms with Crippen LogP contribution < -0.4 is 10.2 Å². The summed E-state index contributed by atoms with van der Waals surface area (Å²) in [5.74, 6) is 1.16. The lowest BCUT2D eigenvalue weighted by molar-refractivity contribution is 0.102. The lowest BCUT2D eigenvalue weighted by Gasteiger charge is -2.17. The molecule has 7 nitrogen and oxygen atoms in total. The van der Waals surface area contributed by atoms with Gasteiger partial charge in [0.1, 0.15) is 5.76 Å². The van der Waals surface area contributed by atoms with Crippen LogP contribution in [-0.2, 0) is 6.54 Å². The molecule has 0 aliphatic heterocycles. The van der Waals surface area contributed by atoms with Crippen molar-refractivity contribution < 1.29 is 9.32 Å². The van der Waals surface area contributed by atoms with Crippen molar-refractivity contribution in [3.8, 4) is 0 Å². The number of benzene rings is 1. The van der Waals surface area contributed by atoms with E-state index in [1.54, 1.807) is 12.1 Å². The van der Waals surface area contributed by atoms with Crippen LogP contribution in [0.25, 0.3) is 0 Å². The first-order valence-electron chi connectivity index (χ1n) is 7.87. The molecule has 128 valence electrons. The van der Waals surface area contributed by atoms with Gasteiger partial charge in [-0.15, -0.1) is 10.2 Å². The third-order valence-electron chi connectivity index (χ3n) is 3.88. The Morgan fingerprint density at radius 3 is 2.48 bits per heavy atom. The highest BCUT2D eigenvalue weighted by Crippen LogP contribution is 2.18. The van der Waals surface area contributed by atoms with Crippen molar-refractivity contribution in [2.45, 2.75) is 20.4 Å². The van der Waals surface area contributed by atoms with Gasteiger partial charge in [0.25, 0.3) is 5.91 Å². The number of nitrogens with zero attached hydrogens (tertiary/aromatic N) is 4. The quantitative estimate of drug-likeness (QED) is 0.770. The molecule has 0 atom stereocenters. The summed E-state index contributed by atoms with van der Waals surface area (Å²) in [5, 5.41) is 14.9. The van der Waals surface area contributed by atoms with Crippen molar-refractivity contribution in [1.29, 1.82) is 0 Å². The Hall–Kier alpha value is -3.22. The summed E-state index contributed by atoms with van der Waals surface area (Å²) in [4.78, 5) is 14.1. The average Bonchev–Trinajstić information content (AvgIpc) is 2.94. The second-order valence-electron chi connectivity index (χ2n) is 5.76. The number of anilines is 2. The zero-order valence-corrected chi connectivity index (χ0v) is 14.4. The highest BCUT2D eigenvalue weighted by molar-refractivity contribution is 6.02. The monoisotopic (exact) mass is 337 g/mol. The fourth-order valence-electron chi connectivity index (χ4n) is 2.41. The maximum atomic E-state index is 12.2. The van der Waals surface area contributed by atoms with Crippen molar-refractivity contribution in [3.63, 3.8) is 0 Å². The first kappa shape index (κ1) is 16.6. The fourth-order valence-corrected chi connectivity index (χ4v) is 2.41. The standard InChI is InChI=1S/C18H19N5O2/c1-12-15(13(2)25-22-12)11-23(3)17-10-9-16(20-21-17)18(24)19-14-7-5-4-6-8-14/h4-10H,11H2,1-3H3,(H,19,24). The number of amides is 1. The largest absolute Gasteiger partial charge is 0.361 e. The van der Waals surface area contributed by atoms with Gasteiger partial charge < -0.3 is 14.7 Å². The molecule has 0 aliphatic carbocycles. The number of aryl methyl sites for hydroxylation is 2. The summed E-state index contributed by atoms with van der Waals surface area (Å²) < 4.78 is 5.17. The number of rotatable bonds is 5. The SMILES string of the molecule is Cc1noc(C)c1CN(C)c1ccc(C(=O)Nc2ccccc2)nn1. The van der Waals surface area contributed by atoms with Gasteiger partial charge in [-0.05, 0) is 38.1 Å². The third-order valence-corrected chi connectivity index (χ3v) is 3.88. The molecule has 0 radical (unpaired) electrons. The summed E-state index contributed by atoms with van der Waals surface area (Å²) in [7, 11) is 1.90. The van der Waals surface area contributed by atoms with E-state index >= 15 is 0 Å². The molecular weight excluding hydrogens is 318 g/mol. The molecule has 0 saturated heterocycles. The number of hydrogen-bond acceptors (Lipinski definition) is 6. The minimum atomic E-state index is -0.293. The van der Waals surface area contributed by atoms with Crippen LogP contribution in [0.4, 0.5) is 11.5 Å². The average molecular weight is 337 g/mol. The number of carbonyl (C=O) groups excluding carboxylic acids is 1. The van der Waals surface area contributed by atoms with Crippen LogP contribution in [0.5, 0.6) is 0 Å². The van der Waals surface area contributed by atoms with Gasteiger partial charge >= 0.3 is 0 Å². The molecule has 1 amide bonds. The third kappa shape index (κ3) is 3.82. The van der Waals surface area contributed by atoms with Gasteiger partial charge in [-0.2, -0.15) is 0 Å². The van der Waals surface area contributed by atoms with Crippen LogP contribution in [-0.4, -0.2) is 28.3 Å². The molecule has 0 fully saturated rings. The molecule has 0 bridgehead atoms.